The predicted octanol–water partition coefficient (Wildman–Crippen LogP) is 4.94. The highest BCUT2D eigenvalue weighted by atomic mass is 16.6. The van der Waals surface area contributed by atoms with Crippen LogP contribution in [0.3, 0.4) is 0 Å². The summed E-state index contributed by atoms with van der Waals surface area (Å²) in [6.07, 6.45) is 1.12. The fourth-order valence-corrected chi connectivity index (χ4v) is 4.49. The number of nitrogens with one attached hydrogen (secondary N) is 3. The molecular weight excluding hydrogens is 508 g/mol. The van der Waals surface area contributed by atoms with Crippen molar-refractivity contribution >= 4 is 23.0 Å². The number of H-pyrrole nitrogens is 1. The first-order valence-corrected chi connectivity index (χ1v) is 13.2. The number of pyridine rings is 2. The number of rotatable bonds is 7. The van der Waals surface area contributed by atoms with E-state index >= 15 is 0 Å². The Kier molecular flexibility index (Phi) is 8.08. The van der Waals surface area contributed by atoms with E-state index < -0.39 is 11.7 Å². The molecule has 0 aliphatic carbocycles. The van der Waals surface area contributed by atoms with E-state index in [0.717, 1.165) is 22.4 Å². The van der Waals surface area contributed by atoms with E-state index in [1.165, 1.54) is 0 Å². The van der Waals surface area contributed by atoms with Crippen LogP contribution < -0.4 is 16.2 Å². The molecule has 0 fully saturated rings. The molecule has 210 valence electrons. The van der Waals surface area contributed by atoms with E-state index in [0.29, 0.717) is 27.9 Å². The van der Waals surface area contributed by atoms with Crippen molar-refractivity contribution < 1.29 is 14.3 Å². The summed E-state index contributed by atoms with van der Waals surface area (Å²) in [5, 5.41) is 10.8. The van der Waals surface area contributed by atoms with Gasteiger partial charge in [0.15, 0.2) is 5.65 Å². The average molecular weight is 545 g/mol. The molecule has 0 aliphatic rings. The lowest BCUT2D eigenvalue weighted by Crippen LogP contribution is -2.32. The van der Waals surface area contributed by atoms with E-state index in [2.05, 4.69) is 20.7 Å². The predicted molar refractivity (Wildman–Crippen MR) is 154 cm³/mol. The van der Waals surface area contributed by atoms with Gasteiger partial charge in [-0.15, -0.1) is 0 Å². The lowest BCUT2D eigenvalue weighted by Gasteiger charge is -2.20. The summed E-state index contributed by atoms with van der Waals surface area (Å²) < 4.78 is 7.15. The number of alkyl carbamates (subject to hydrolysis) is 1. The topological polar surface area (TPSA) is 131 Å². The number of amides is 2. The van der Waals surface area contributed by atoms with Crippen molar-refractivity contribution in [1.82, 2.24) is 30.4 Å². The van der Waals surface area contributed by atoms with Gasteiger partial charge in [0.2, 0.25) is 0 Å². The molecule has 40 heavy (non-hydrogen) atoms. The Morgan fingerprint density at radius 2 is 1.80 bits per heavy atom. The number of hydrogen-bond donors (Lipinski definition) is 3. The monoisotopic (exact) mass is 544 g/mol. The second kappa shape index (κ2) is 11.3. The number of aryl methyl sites for hydroxylation is 2. The lowest BCUT2D eigenvalue weighted by atomic mass is 10.0. The maximum Gasteiger partial charge on any atom is 0.407 e. The minimum Gasteiger partial charge on any atom is -0.444 e. The van der Waals surface area contributed by atoms with E-state index in [-0.39, 0.29) is 30.6 Å². The van der Waals surface area contributed by atoms with Crippen LogP contribution in [0.1, 0.15) is 73.4 Å². The molecule has 0 atom stereocenters. The Morgan fingerprint density at radius 1 is 1.07 bits per heavy atom. The Balaban J connectivity index is 1.72. The van der Waals surface area contributed by atoms with Gasteiger partial charge in [-0.05, 0) is 71.7 Å². The number of benzene rings is 1. The zero-order valence-electron chi connectivity index (χ0n) is 24.0. The zero-order valence-corrected chi connectivity index (χ0v) is 24.0. The van der Waals surface area contributed by atoms with E-state index in [9.17, 15) is 14.4 Å². The molecule has 0 saturated carbocycles. The Hall–Kier alpha value is -4.47. The van der Waals surface area contributed by atoms with Crippen LogP contribution in [-0.4, -0.2) is 37.3 Å². The molecule has 0 unspecified atom stereocenters. The van der Waals surface area contributed by atoms with Crippen molar-refractivity contribution in [3.8, 4) is 11.3 Å². The smallest absolute Gasteiger partial charge is 0.407 e. The van der Waals surface area contributed by atoms with Crippen molar-refractivity contribution in [2.24, 2.45) is 0 Å². The summed E-state index contributed by atoms with van der Waals surface area (Å²) in [6.45, 7) is 13.4. The van der Waals surface area contributed by atoms with Crippen LogP contribution in [0.4, 0.5) is 4.79 Å². The summed E-state index contributed by atoms with van der Waals surface area (Å²) in [5.74, 6) is -0.347. The average Bonchev–Trinajstić information content (AvgIpc) is 3.29. The van der Waals surface area contributed by atoms with Crippen LogP contribution in [0.5, 0.6) is 0 Å². The number of nitrogens with zero attached hydrogens (tertiary/aromatic N) is 3. The summed E-state index contributed by atoms with van der Waals surface area (Å²) >= 11 is 0. The number of hydrogen-bond acceptors (Lipinski definition) is 6. The van der Waals surface area contributed by atoms with Gasteiger partial charge >= 0.3 is 6.09 Å². The summed E-state index contributed by atoms with van der Waals surface area (Å²) in [7, 11) is 0. The van der Waals surface area contributed by atoms with Crippen LogP contribution in [-0.2, 0) is 17.8 Å². The Labute approximate surface area is 233 Å². The van der Waals surface area contributed by atoms with Crippen LogP contribution >= 0.6 is 0 Å². The molecule has 0 spiro atoms. The van der Waals surface area contributed by atoms with Gasteiger partial charge in [0.1, 0.15) is 5.60 Å². The maximum atomic E-state index is 13.6. The summed E-state index contributed by atoms with van der Waals surface area (Å²) in [4.78, 5) is 46.0. The highest BCUT2D eigenvalue weighted by Gasteiger charge is 2.21. The highest BCUT2D eigenvalue weighted by Crippen LogP contribution is 2.28. The molecule has 0 aliphatic heterocycles. The van der Waals surface area contributed by atoms with Gasteiger partial charge in [-0.3, -0.25) is 9.59 Å². The van der Waals surface area contributed by atoms with Crippen LogP contribution in [0, 0.1) is 13.8 Å². The number of aromatic nitrogens is 4. The van der Waals surface area contributed by atoms with E-state index in [4.69, 9.17) is 9.72 Å². The minimum absolute atomic E-state index is 0.00834. The molecule has 3 heterocycles. The first kappa shape index (κ1) is 28.5. The van der Waals surface area contributed by atoms with E-state index in [1.54, 1.807) is 37.7 Å². The lowest BCUT2D eigenvalue weighted by molar-refractivity contribution is 0.0523. The fourth-order valence-electron chi connectivity index (χ4n) is 4.49. The van der Waals surface area contributed by atoms with Crippen LogP contribution in [0.25, 0.3) is 22.3 Å². The van der Waals surface area contributed by atoms with Gasteiger partial charge in [0, 0.05) is 36.0 Å². The van der Waals surface area contributed by atoms with Crippen LogP contribution in [0.2, 0.25) is 0 Å². The quantitative estimate of drug-likeness (QED) is 0.302. The first-order chi connectivity index (χ1) is 18.8. The molecular formula is C30H36N6O4. The molecule has 3 N–H and O–H groups in total. The number of fused-ring (bicyclic) bond motifs is 1. The van der Waals surface area contributed by atoms with Gasteiger partial charge in [-0.2, -0.15) is 5.10 Å². The molecule has 2 amide bonds. The molecule has 0 radical (unpaired) electrons. The largest absolute Gasteiger partial charge is 0.444 e. The van der Waals surface area contributed by atoms with Crippen molar-refractivity contribution in [3.05, 3.63) is 80.9 Å². The van der Waals surface area contributed by atoms with Gasteiger partial charge in [-0.1, -0.05) is 24.3 Å². The number of carbonyl (C=O) groups excluding carboxylic acids is 2. The number of carbonyl (C=O) groups is 2. The standard InChI is InChI=1S/C30H36N6O4/c1-17(2)36-26-24(16-33-36)22(27(37)31-15-23-18(3)12-19(4)34-28(23)38)13-25(35-26)21-11-9-8-10-20(21)14-32-29(39)40-30(5,6)7/h8-13,16-17H,14-15H2,1-7H3,(H,31,37)(H,32,39)(H,34,38). The molecule has 3 aromatic heterocycles. The Morgan fingerprint density at radius 3 is 2.48 bits per heavy atom. The van der Waals surface area contributed by atoms with Gasteiger partial charge in [0.05, 0.1) is 22.8 Å². The van der Waals surface area contributed by atoms with Crippen molar-refractivity contribution in [2.75, 3.05) is 0 Å². The number of ether oxygens (including phenoxy) is 1. The Bertz CT molecular complexity index is 1630. The number of aromatic amines is 1. The molecule has 10 nitrogen and oxygen atoms in total. The zero-order chi connectivity index (χ0) is 29.2. The molecule has 1 aromatic carbocycles. The maximum absolute atomic E-state index is 13.6. The molecule has 4 rings (SSSR count). The third-order valence-electron chi connectivity index (χ3n) is 6.34. The van der Waals surface area contributed by atoms with Crippen LogP contribution in [0.15, 0.2) is 47.4 Å². The molecule has 10 heteroatoms. The first-order valence-electron chi connectivity index (χ1n) is 13.2. The molecule has 4 aromatic rings. The SMILES string of the molecule is Cc1cc(C)c(CNC(=O)c2cc(-c3ccccc3CNC(=O)OC(C)(C)C)nc3c2cnn3C(C)C)c(=O)[nH]1. The summed E-state index contributed by atoms with van der Waals surface area (Å²) in [6, 6.07) is 11.2. The van der Waals surface area contributed by atoms with Crippen molar-refractivity contribution in [3.63, 3.8) is 0 Å². The third-order valence-corrected chi connectivity index (χ3v) is 6.34. The normalized spacial score (nSPS) is 11.6. The highest BCUT2D eigenvalue weighted by molar-refractivity contribution is 6.06. The summed E-state index contributed by atoms with van der Waals surface area (Å²) in [5.41, 5.74) is 4.32. The van der Waals surface area contributed by atoms with Gasteiger partial charge in [-0.25, -0.2) is 14.5 Å². The second-order valence-corrected chi connectivity index (χ2v) is 11.1. The third kappa shape index (κ3) is 6.39. The molecule has 0 saturated heterocycles. The van der Waals surface area contributed by atoms with Crippen molar-refractivity contribution in [1.29, 1.82) is 0 Å². The van der Waals surface area contributed by atoms with Crippen molar-refractivity contribution in [2.45, 2.75) is 73.2 Å². The van der Waals surface area contributed by atoms with Gasteiger partial charge in [0.25, 0.3) is 11.5 Å². The fraction of sp³-hybridized carbons (Fsp3) is 0.367. The van der Waals surface area contributed by atoms with E-state index in [1.807, 2.05) is 58.0 Å². The molecule has 0 bridgehead atoms. The minimum atomic E-state index is -0.615. The van der Waals surface area contributed by atoms with Gasteiger partial charge < -0.3 is 20.4 Å². The second-order valence-electron chi connectivity index (χ2n) is 11.1.